The van der Waals surface area contributed by atoms with E-state index in [4.69, 9.17) is 9.84 Å². The van der Waals surface area contributed by atoms with Gasteiger partial charge in [0.2, 0.25) is 0 Å². The maximum Gasteiger partial charge on any atom is 0.167 e. The molecule has 0 bridgehead atoms. The number of phenols is 1. The fourth-order valence-electron chi connectivity index (χ4n) is 1.70. The zero-order valence-electron chi connectivity index (χ0n) is 8.98. The molecule has 2 rings (SSSR count). The molecule has 1 unspecified atom stereocenters. The molecule has 1 heterocycles. The van der Waals surface area contributed by atoms with E-state index in [1.165, 1.54) is 0 Å². The van der Waals surface area contributed by atoms with Crippen LogP contribution in [0.1, 0.15) is 5.56 Å². The van der Waals surface area contributed by atoms with Crippen LogP contribution in [0.25, 0.3) is 0 Å². The topological polar surface area (TPSA) is 58.6 Å². The molecule has 0 radical (unpaired) electrons. The molecule has 1 atom stereocenters. The number of benzene rings is 1. The number of phenolic OH excluding ortho intramolecular Hbond substituents is 1. The first kappa shape index (κ1) is 11.1. The van der Waals surface area contributed by atoms with Gasteiger partial charge in [-0.2, -0.15) is 0 Å². The first-order valence-electron chi connectivity index (χ1n) is 5.38. The van der Waals surface area contributed by atoms with Crippen molar-refractivity contribution in [1.29, 1.82) is 0 Å². The van der Waals surface area contributed by atoms with E-state index in [0.717, 1.165) is 12.1 Å². The van der Waals surface area contributed by atoms with Gasteiger partial charge in [-0.3, -0.25) is 4.79 Å². The van der Waals surface area contributed by atoms with Crippen LogP contribution in [0.15, 0.2) is 24.3 Å². The molecular weight excluding hydrogens is 206 g/mol. The predicted molar refractivity (Wildman–Crippen MR) is 59.4 cm³/mol. The summed E-state index contributed by atoms with van der Waals surface area (Å²) in [5, 5.41) is 12.2. The van der Waals surface area contributed by atoms with E-state index in [1.807, 2.05) is 0 Å². The third-order valence-corrected chi connectivity index (χ3v) is 2.60. The highest BCUT2D eigenvalue weighted by atomic mass is 16.5. The lowest BCUT2D eigenvalue weighted by Gasteiger charge is -2.22. The molecule has 86 valence electrons. The highest BCUT2D eigenvalue weighted by Gasteiger charge is 2.21. The van der Waals surface area contributed by atoms with Crippen molar-refractivity contribution in [2.45, 2.75) is 12.5 Å². The van der Waals surface area contributed by atoms with Gasteiger partial charge in [0.1, 0.15) is 11.9 Å². The fraction of sp³-hybridized carbons (Fsp3) is 0.417. The van der Waals surface area contributed by atoms with Crippen LogP contribution in [0, 0.1) is 0 Å². The number of carbonyl (C=O) groups excluding carboxylic acids is 1. The Balaban J connectivity index is 1.93. The summed E-state index contributed by atoms with van der Waals surface area (Å²) < 4.78 is 5.37. The third kappa shape index (κ3) is 2.81. The summed E-state index contributed by atoms with van der Waals surface area (Å²) in [6.45, 7) is 1.99. The van der Waals surface area contributed by atoms with Crippen molar-refractivity contribution in [3.8, 4) is 5.75 Å². The fourth-order valence-corrected chi connectivity index (χ4v) is 1.70. The number of carbonyl (C=O) groups is 1. The van der Waals surface area contributed by atoms with E-state index in [1.54, 1.807) is 24.3 Å². The van der Waals surface area contributed by atoms with E-state index < -0.39 is 0 Å². The molecule has 0 aromatic heterocycles. The number of nitrogens with one attached hydrogen (secondary N) is 1. The SMILES string of the molecule is O=C(Cc1ccc(O)cc1)C1CNCCO1. The van der Waals surface area contributed by atoms with Crippen LogP contribution in [0.3, 0.4) is 0 Å². The van der Waals surface area contributed by atoms with E-state index in [2.05, 4.69) is 5.32 Å². The average molecular weight is 221 g/mol. The molecule has 1 saturated heterocycles. The van der Waals surface area contributed by atoms with Gasteiger partial charge in [-0.15, -0.1) is 0 Å². The molecule has 16 heavy (non-hydrogen) atoms. The number of hydrogen-bond acceptors (Lipinski definition) is 4. The number of ether oxygens (including phenoxy) is 1. The summed E-state index contributed by atoms with van der Waals surface area (Å²) in [7, 11) is 0. The summed E-state index contributed by atoms with van der Waals surface area (Å²) in [6, 6.07) is 6.68. The van der Waals surface area contributed by atoms with Gasteiger partial charge in [0.15, 0.2) is 5.78 Å². The average Bonchev–Trinajstić information content (AvgIpc) is 2.33. The van der Waals surface area contributed by atoms with E-state index in [-0.39, 0.29) is 17.6 Å². The number of rotatable bonds is 3. The molecule has 0 aliphatic carbocycles. The first-order valence-corrected chi connectivity index (χ1v) is 5.38. The minimum absolute atomic E-state index is 0.0814. The van der Waals surface area contributed by atoms with Gasteiger partial charge in [-0.05, 0) is 17.7 Å². The van der Waals surface area contributed by atoms with Crippen molar-refractivity contribution in [2.75, 3.05) is 19.7 Å². The molecule has 2 N–H and O–H groups in total. The molecule has 4 heteroatoms. The number of morpholine rings is 1. The molecule has 1 aromatic carbocycles. The van der Waals surface area contributed by atoms with Crippen molar-refractivity contribution in [3.63, 3.8) is 0 Å². The standard InChI is InChI=1S/C12H15NO3/c14-10-3-1-9(2-4-10)7-11(15)12-8-13-5-6-16-12/h1-4,12-14H,5-8H2. The second-order valence-electron chi connectivity index (χ2n) is 3.87. The minimum atomic E-state index is -0.331. The quantitative estimate of drug-likeness (QED) is 0.780. The Morgan fingerprint density at radius 3 is 2.81 bits per heavy atom. The second-order valence-corrected chi connectivity index (χ2v) is 3.87. The number of aromatic hydroxyl groups is 1. The van der Waals surface area contributed by atoms with E-state index >= 15 is 0 Å². The molecule has 1 aliphatic heterocycles. The van der Waals surface area contributed by atoms with Gasteiger partial charge in [0, 0.05) is 19.5 Å². The van der Waals surface area contributed by atoms with Gasteiger partial charge < -0.3 is 15.2 Å². The molecule has 0 amide bonds. The smallest absolute Gasteiger partial charge is 0.167 e. The summed E-state index contributed by atoms with van der Waals surface area (Å²) in [5.41, 5.74) is 0.900. The van der Waals surface area contributed by atoms with Crippen LogP contribution in [0.4, 0.5) is 0 Å². The van der Waals surface area contributed by atoms with Gasteiger partial charge in [0.25, 0.3) is 0 Å². The summed E-state index contributed by atoms with van der Waals surface area (Å²) >= 11 is 0. The van der Waals surface area contributed by atoms with Gasteiger partial charge in [0.05, 0.1) is 6.61 Å². The molecular formula is C12H15NO3. The third-order valence-electron chi connectivity index (χ3n) is 2.60. The Morgan fingerprint density at radius 2 is 2.19 bits per heavy atom. The van der Waals surface area contributed by atoms with Gasteiger partial charge >= 0.3 is 0 Å². The predicted octanol–water partition coefficient (Wildman–Crippen LogP) is 0.492. The lowest BCUT2D eigenvalue weighted by atomic mass is 10.0. The Hall–Kier alpha value is -1.39. The van der Waals surface area contributed by atoms with Crippen LogP contribution in [-0.4, -0.2) is 36.7 Å². The molecule has 4 nitrogen and oxygen atoms in total. The zero-order chi connectivity index (χ0) is 11.4. The minimum Gasteiger partial charge on any atom is -0.508 e. The van der Waals surface area contributed by atoms with Crippen molar-refractivity contribution >= 4 is 5.78 Å². The van der Waals surface area contributed by atoms with Gasteiger partial charge in [-0.1, -0.05) is 12.1 Å². The molecule has 1 aromatic rings. The maximum absolute atomic E-state index is 11.8. The van der Waals surface area contributed by atoms with Crippen LogP contribution in [0.5, 0.6) is 5.75 Å². The van der Waals surface area contributed by atoms with Crippen molar-refractivity contribution in [3.05, 3.63) is 29.8 Å². The van der Waals surface area contributed by atoms with Crippen LogP contribution in [0.2, 0.25) is 0 Å². The number of hydrogen-bond donors (Lipinski definition) is 2. The summed E-state index contributed by atoms with van der Waals surface area (Å²) in [5.74, 6) is 0.296. The molecule has 0 saturated carbocycles. The Morgan fingerprint density at radius 1 is 1.44 bits per heavy atom. The van der Waals surface area contributed by atoms with Crippen LogP contribution < -0.4 is 5.32 Å². The molecule has 1 fully saturated rings. The van der Waals surface area contributed by atoms with Crippen LogP contribution >= 0.6 is 0 Å². The number of Topliss-reactive ketones (excluding diaryl/α,β-unsaturated/α-hetero) is 1. The normalized spacial score (nSPS) is 20.6. The Labute approximate surface area is 94.2 Å². The zero-order valence-corrected chi connectivity index (χ0v) is 8.98. The summed E-state index contributed by atoms with van der Waals surface area (Å²) in [4.78, 5) is 11.8. The Kier molecular flexibility index (Phi) is 3.54. The lowest BCUT2D eigenvalue weighted by molar-refractivity contribution is -0.131. The highest BCUT2D eigenvalue weighted by molar-refractivity contribution is 5.85. The van der Waals surface area contributed by atoms with E-state index in [0.29, 0.717) is 19.6 Å². The van der Waals surface area contributed by atoms with Gasteiger partial charge in [-0.25, -0.2) is 0 Å². The van der Waals surface area contributed by atoms with Crippen LogP contribution in [-0.2, 0) is 16.0 Å². The monoisotopic (exact) mass is 221 g/mol. The second kappa shape index (κ2) is 5.09. The summed E-state index contributed by atoms with van der Waals surface area (Å²) in [6.07, 6.45) is 0.0228. The maximum atomic E-state index is 11.8. The largest absolute Gasteiger partial charge is 0.508 e. The van der Waals surface area contributed by atoms with Crippen molar-refractivity contribution < 1.29 is 14.6 Å². The molecule has 0 spiro atoms. The van der Waals surface area contributed by atoms with E-state index in [9.17, 15) is 4.79 Å². The highest BCUT2D eigenvalue weighted by Crippen LogP contribution is 2.11. The van der Waals surface area contributed by atoms with Crippen molar-refractivity contribution in [2.24, 2.45) is 0 Å². The lowest BCUT2D eigenvalue weighted by Crippen LogP contribution is -2.43. The number of ketones is 1. The van der Waals surface area contributed by atoms with Crippen molar-refractivity contribution in [1.82, 2.24) is 5.32 Å². The first-order chi connectivity index (χ1) is 7.75. The Bertz CT molecular complexity index is 355. The molecule has 1 aliphatic rings.